The minimum absolute atomic E-state index is 0.00167. The maximum atomic E-state index is 13.1. The molecule has 168 valence electrons. The molecule has 32 heavy (non-hydrogen) atoms. The molecule has 1 heterocycles. The number of carbonyl (C=O) groups is 1. The quantitative estimate of drug-likeness (QED) is 0.480. The molecule has 10 nitrogen and oxygen atoms in total. The van der Waals surface area contributed by atoms with Crippen LogP contribution in [-0.4, -0.2) is 53.8 Å². The second-order valence-corrected chi connectivity index (χ2v) is 9.32. The molecule has 0 bridgehead atoms. The second-order valence-electron chi connectivity index (χ2n) is 7.39. The van der Waals surface area contributed by atoms with Gasteiger partial charge in [0.05, 0.1) is 28.4 Å². The minimum atomic E-state index is -3.97. The zero-order chi connectivity index (χ0) is 23.3. The standard InChI is InChI=1S/C21H22N4O6S/c1-16-13-23(32(29,30)20-9-7-18(8-10-20)25(27)28)14-19(11-12-22)24(16)21(26)31-15-17-5-3-2-4-6-17/h2-10,16,19H,11,13-15H2,1H3/t16-,19+/m1/s1. The van der Waals surface area contributed by atoms with Crippen LogP contribution >= 0.6 is 0 Å². The fourth-order valence-electron chi connectivity index (χ4n) is 3.62. The van der Waals surface area contributed by atoms with Gasteiger partial charge in [-0.05, 0) is 24.6 Å². The molecule has 2 aromatic carbocycles. The van der Waals surface area contributed by atoms with Gasteiger partial charge in [0.15, 0.2) is 0 Å². The van der Waals surface area contributed by atoms with Crippen molar-refractivity contribution in [2.75, 3.05) is 13.1 Å². The number of nitro benzene ring substituents is 1. The highest BCUT2D eigenvalue weighted by molar-refractivity contribution is 7.89. The van der Waals surface area contributed by atoms with Gasteiger partial charge in [0.1, 0.15) is 6.61 Å². The fraction of sp³-hybridized carbons (Fsp3) is 0.333. The van der Waals surface area contributed by atoms with Crippen molar-refractivity contribution in [3.63, 3.8) is 0 Å². The normalized spacial score (nSPS) is 19.2. The third-order valence-corrected chi connectivity index (χ3v) is 7.02. The van der Waals surface area contributed by atoms with E-state index in [9.17, 15) is 28.6 Å². The molecule has 1 fully saturated rings. The molecule has 0 aliphatic carbocycles. The van der Waals surface area contributed by atoms with Crippen LogP contribution in [0.4, 0.5) is 10.5 Å². The van der Waals surface area contributed by atoms with Gasteiger partial charge in [-0.1, -0.05) is 30.3 Å². The lowest BCUT2D eigenvalue weighted by molar-refractivity contribution is -0.384. The van der Waals surface area contributed by atoms with Crippen molar-refractivity contribution in [1.82, 2.24) is 9.21 Å². The number of nitro groups is 1. The van der Waals surface area contributed by atoms with Gasteiger partial charge in [0, 0.05) is 31.3 Å². The van der Waals surface area contributed by atoms with Gasteiger partial charge >= 0.3 is 6.09 Å². The van der Waals surface area contributed by atoms with E-state index in [2.05, 4.69) is 0 Å². The summed E-state index contributed by atoms with van der Waals surface area (Å²) < 4.78 is 32.8. The first-order valence-electron chi connectivity index (χ1n) is 9.84. The lowest BCUT2D eigenvalue weighted by Crippen LogP contribution is -2.60. The van der Waals surface area contributed by atoms with Crippen LogP contribution in [-0.2, 0) is 21.4 Å². The first-order chi connectivity index (χ1) is 15.2. The maximum Gasteiger partial charge on any atom is 0.410 e. The Balaban J connectivity index is 1.76. The predicted molar refractivity (Wildman–Crippen MR) is 114 cm³/mol. The van der Waals surface area contributed by atoms with E-state index >= 15 is 0 Å². The van der Waals surface area contributed by atoms with E-state index in [4.69, 9.17) is 4.74 Å². The molecule has 1 amide bonds. The largest absolute Gasteiger partial charge is 0.445 e. The first kappa shape index (κ1) is 23.2. The summed E-state index contributed by atoms with van der Waals surface area (Å²) in [5.74, 6) is 0. The molecular weight excluding hydrogens is 436 g/mol. The predicted octanol–water partition coefficient (Wildman–Crippen LogP) is 2.91. The third-order valence-electron chi connectivity index (χ3n) is 5.18. The highest BCUT2D eigenvalue weighted by Crippen LogP contribution is 2.26. The van der Waals surface area contributed by atoms with Crippen LogP contribution in [0.15, 0.2) is 59.5 Å². The number of piperazine rings is 1. The lowest BCUT2D eigenvalue weighted by Gasteiger charge is -2.43. The van der Waals surface area contributed by atoms with Gasteiger partial charge < -0.3 is 4.74 Å². The number of non-ortho nitro benzene ring substituents is 1. The Hall–Kier alpha value is -3.49. The number of nitriles is 1. The van der Waals surface area contributed by atoms with E-state index in [0.29, 0.717) is 0 Å². The number of nitrogens with zero attached hydrogens (tertiary/aromatic N) is 4. The van der Waals surface area contributed by atoms with E-state index in [1.807, 2.05) is 36.4 Å². The summed E-state index contributed by atoms with van der Waals surface area (Å²) in [7, 11) is -3.97. The Morgan fingerprint density at radius 2 is 1.84 bits per heavy atom. The summed E-state index contributed by atoms with van der Waals surface area (Å²) in [5.41, 5.74) is 0.593. The van der Waals surface area contributed by atoms with E-state index in [0.717, 1.165) is 17.7 Å². The second kappa shape index (κ2) is 9.76. The van der Waals surface area contributed by atoms with Crippen LogP contribution in [0.25, 0.3) is 0 Å². The number of amides is 1. The first-order valence-corrected chi connectivity index (χ1v) is 11.3. The van der Waals surface area contributed by atoms with Gasteiger partial charge in [0.2, 0.25) is 10.0 Å². The molecular formula is C21H22N4O6S. The average Bonchev–Trinajstić information content (AvgIpc) is 2.78. The van der Waals surface area contributed by atoms with Crippen LogP contribution in [0.5, 0.6) is 0 Å². The van der Waals surface area contributed by atoms with Gasteiger partial charge in [-0.15, -0.1) is 0 Å². The Kier molecular flexibility index (Phi) is 7.07. The summed E-state index contributed by atoms with van der Waals surface area (Å²) in [5, 5.41) is 20.1. The van der Waals surface area contributed by atoms with Crippen LogP contribution in [0.3, 0.4) is 0 Å². The topological polar surface area (TPSA) is 134 Å². The van der Waals surface area contributed by atoms with Crippen LogP contribution in [0.2, 0.25) is 0 Å². The molecule has 0 unspecified atom stereocenters. The molecule has 0 saturated carbocycles. The zero-order valence-corrected chi connectivity index (χ0v) is 18.1. The van der Waals surface area contributed by atoms with E-state index < -0.39 is 33.1 Å². The smallest absolute Gasteiger partial charge is 0.410 e. The van der Waals surface area contributed by atoms with Crippen molar-refractivity contribution < 1.29 is 22.9 Å². The Labute approximate surface area is 185 Å². The molecule has 3 rings (SSSR count). The molecule has 2 atom stereocenters. The van der Waals surface area contributed by atoms with Gasteiger partial charge in [-0.3, -0.25) is 15.0 Å². The number of benzene rings is 2. The zero-order valence-electron chi connectivity index (χ0n) is 17.3. The number of hydrogen-bond acceptors (Lipinski definition) is 7. The molecule has 0 N–H and O–H groups in total. The molecule has 1 saturated heterocycles. The van der Waals surface area contributed by atoms with E-state index in [-0.39, 0.29) is 36.7 Å². The molecule has 0 radical (unpaired) electrons. The summed E-state index contributed by atoms with van der Waals surface area (Å²) in [4.78, 5) is 24.3. The highest BCUT2D eigenvalue weighted by atomic mass is 32.2. The van der Waals surface area contributed by atoms with Gasteiger partial charge in [-0.2, -0.15) is 9.57 Å². The number of rotatable bonds is 6. The highest BCUT2D eigenvalue weighted by Gasteiger charge is 2.41. The third kappa shape index (κ3) is 5.04. The molecule has 11 heteroatoms. The summed E-state index contributed by atoms with van der Waals surface area (Å²) in [6, 6.07) is 14.5. The Morgan fingerprint density at radius 1 is 1.19 bits per heavy atom. The summed E-state index contributed by atoms with van der Waals surface area (Å²) in [6.07, 6.45) is -0.689. The van der Waals surface area contributed by atoms with Crippen molar-refractivity contribution in [2.24, 2.45) is 0 Å². The number of sulfonamides is 1. The average molecular weight is 458 g/mol. The molecule has 0 spiro atoms. The van der Waals surface area contributed by atoms with Crippen molar-refractivity contribution >= 4 is 21.8 Å². The SMILES string of the molecule is C[C@@H]1CN(S(=O)(=O)c2ccc([N+](=O)[O-])cc2)C[C@H](CC#N)N1C(=O)OCc1ccccc1. The van der Waals surface area contributed by atoms with Crippen molar-refractivity contribution in [1.29, 1.82) is 5.26 Å². The number of ether oxygens (including phenoxy) is 1. The van der Waals surface area contributed by atoms with Gasteiger partial charge in [-0.25, -0.2) is 13.2 Å². The van der Waals surface area contributed by atoms with Crippen molar-refractivity contribution in [3.8, 4) is 6.07 Å². The molecule has 1 aliphatic heterocycles. The van der Waals surface area contributed by atoms with Crippen molar-refractivity contribution in [3.05, 3.63) is 70.3 Å². The summed E-state index contributed by atoms with van der Waals surface area (Å²) >= 11 is 0. The fourth-order valence-corrected chi connectivity index (χ4v) is 5.17. The minimum Gasteiger partial charge on any atom is -0.445 e. The molecule has 2 aromatic rings. The summed E-state index contributed by atoms with van der Waals surface area (Å²) in [6.45, 7) is 1.66. The van der Waals surface area contributed by atoms with Crippen LogP contribution in [0, 0.1) is 21.4 Å². The van der Waals surface area contributed by atoms with E-state index in [1.54, 1.807) is 6.92 Å². The van der Waals surface area contributed by atoms with E-state index in [1.165, 1.54) is 21.3 Å². The van der Waals surface area contributed by atoms with Crippen LogP contribution in [0.1, 0.15) is 18.9 Å². The lowest BCUT2D eigenvalue weighted by atomic mass is 10.1. The van der Waals surface area contributed by atoms with Crippen LogP contribution < -0.4 is 0 Å². The Morgan fingerprint density at radius 3 is 2.44 bits per heavy atom. The van der Waals surface area contributed by atoms with Gasteiger partial charge in [0.25, 0.3) is 5.69 Å². The maximum absolute atomic E-state index is 13.1. The molecule has 0 aromatic heterocycles. The Bertz CT molecular complexity index is 1120. The number of hydrogen-bond donors (Lipinski definition) is 0. The number of carbonyl (C=O) groups excluding carboxylic acids is 1. The monoisotopic (exact) mass is 458 g/mol. The van der Waals surface area contributed by atoms with Crippen molar-refractivity contribution in [2.45, 2.75) is 36.9 Å². The molecule has 1 aliphatic rings.